The van der Waals surface area contributed by atoms with Gasteiger partial charge in [-0.05, 0) is 24.7 Å². The Kier molecular flexibility index (Phi) is 4.74. The fourth-order valence-corrected chi connectivity index (χ4v) is 2.38. The largest absolute Gasteiger partial charge is 0.480 e. The number of hydrogen-bond donors (Lipinski definition) is 3. The van der Waals surface area contributed by atoms with E-state index in [1.807, 2.05) is 0 Å². The number of primary amides is 1. The minimum atomic E-state index is -1.18. The summed E-state index contributed by atoms with van der Waals surface area (Å²) in [6.07, 6.45) is 2.71. The summed E-state index contributed by atoms with van der Waals surface area (Å²) >= 11 is 0. The summed E-state index contributed by atoms with van der Waals surface area (Å²) in [6.45, 7) is 3.31. The molecule has 1 aliphatic rings. The molecule has 0 radical (unpaired) electrons. The number of nitrogens with one attached hydrogen (secondary N) is 1. The van der Waals surface area contributed by atoms with Crippen LogP contribution in [0.3, 0.4) is 0 Å². The molecule has 0 bridgehead atoms. The molecule has 0 aromatic heterocycles. The quantitative estimate of drug-likeness (QED) is 0.660. The second-order valence-corrected chi connectivity index (χ2v) is 5.77. The zero-order chi connectivity index (χ0) is 14.6. The van der Waals surface area contributed by atoms with Gasteiger partial charge in [0.15, 0.2) is 0 Å². The molecule has 7 heteroatoms. The fourth-order valence-electron chi connectivity index (χ4n) is 2.38. The van der Waals surface area contributed by atoms with Crippen LogP contribution in [0.4, 0.5) is 4.79 Å². The van der Waals surface area contributed by atoms with Gasteiger partial charge >= 0.3 is 12.0 Å². The van der Waals surface area contributed by atoms with E-state index in [1.54, 1.807) is 0 Å². The van der Waals surface area contributed by atoms with E-state index in [1.165, 1.54) is 0 Å². The predicted molar refractivity (Wildman–Crippen MR) is 68.4 cm³/mol. The Morgan fingerprint density at radius 1 is 1.37 bits per heavy atom. The second-order valence-electron chi connectivity index (χ2n) is 5.77. The van der Waals surface area contributed by atoms with Gasteiger partial charge in [-0.2, -0.15) is 0 Å². The summed E-state index contributed by atoms with van der Waals surface area (Å²) in [5.41, 5.74) is 5.18. The lowest BCUT2D eigenvalue weighted by molar-refractivity contribution is -0.137. The first kappa shape index (κ1) is 15.3. The van der Waals surface area contributed by atoms with Crippen LogP contribution >= 0.6 is 0 Å². The molecule has 0 saturated heterocycles. The molecule has 3 amide bonds. The number of carboxylic acids is 1. The van der Waals surface area contributed by atoms with E-state index in [4.69, 9.17) is 10.8 Å². The van der Waals surface area contributed by atoms with Crippen molar-refractivity contribution in [3.8, 4) is 0 Å². The van der Waals surface area contributed by atoms with Crippen LogP contribution in [0.15, 0.2) is 0 Å². The van der Waals surface area contributed by atoms with Gasteiger partial charge in [0.2, 0.25) is 5.91 Å². The van der Waals surface area contributed by atoms with Crippen LogP contribution in [0.5, 0.6) is 0 Å². The van der Waals surface area contributed by atoms with E-state index in [9.17, 15) is 14.4 Å². The number of rotatable bonds is 5. The maximum Gasteiger partial charge on any atom is 0.323 e. The molecule has 4 N–H and O–H groups in total. The first-order valence-electron chi connectivity index (χ1n) is 6.25. The van der Waals surface area contributed by atoms with Gasteiger partial charge in [-0.15, -0.1) is 0 Å². The minimum Gasteiger partial charge on any atom is -0.480 e. The lowest BCUT2D eigenvalue weighted by Crippen LogP contribution is -2.49. The highest BCUT2D eigenvalue weighted by atomic mass is 16.4. The highest BCUT2D eigenvalue weighted by molar-refractivity contribution is 5.86. The molecule has 1 aliphatic carbocycles. The summed E-state index contributed by atoms with van der Waals surface area (Å²) in [5, 5.41) is 11.5. The number of aliphatic carboxylic acids is 1. The predicted octanol–water partition coefficient (Wildman–Crippen LogP) is 0.147. The summed E-state index contributed by atoms with van der Waals surface area (Å²) in [5.74, 6) is -1.91. The number of nitrogens with zero attached hydrogens (tertiary/aromatic N) is 1. The van der Waals surface area contributed by atoms with Crippen LogP contribution in [0, 0.1) is 5.41 Å². The Bertz CT molecular complexity index is 365. The topological polar surface area (TPSA) is 113 Å². The van der Waals surface area contributed by atoms with E-state index < -0.39 is 31.0 Å². The molecule has 0 aromatic carbocycles. The lowest BCUT2D eigenvalue weighted by Gasteiger charge is -2.23. The van der Waals surface area contributed by atoms with E-state index in [0.29, 0.717) is 0 Å². The molecular formula is C12H21N3O4. The van der Waals surface area contributed by atoms with Crippen molar-refractivity contribution in [2.45, 2.75) is 39.2 Å². The Labute approximate surface area is 112 Å². The molecule has 1 rings (SSSR count). The van der Waals surface area contributed by atoms with Gasteiger partial charge in [-0.1, -0.05) is 13.8 Å². The van der Waals surface area contributed by atoms with Gasteiger partial charge in [0.25, 0.3) is 0 Å². The van der Waals surface area contributed by atoms with Crippen LogP contribution < -0.4 is 11.1 Å². The Morgan fingerprint density at radius 3 is 2.42 bits per heavy atom. The Morgan fingerprint density at radius 2 is 2.00 bits per heavy atom. The fraction of sp³-hybridized carbons (Fsp3) is 0.750. The third-order valence-corrected chi connectivity index (χ3v) is 3.26. The van der Waals surface area contributed by atoms with E-state index in [0.717, 1.165) is 24.2 Å². The molecule has 0 aromatic rings. The second kappa shape index (κ2) is 5.90. The summed E-state index contributed by atoms with van der Waals surface area (Å²) in [6, 6.07) is -0.532. The maximum absolute atomic E-state index is 11.9. The van der Waals surface area contributed by atoms with Gasteiger partial charge in [0.1, 0.15) is 13.1 Å². The van der Waals surface area contributed by atoms with Crippen molar-refractivity contribution in [1.82, 2.24) is 10.2 Å². The van der Waals surface area contributed by atoms with Crippen molar-refractivity contribution in [3.05, 3.63) is 0 Å². The highest BCUT2D eigenvalue weighted by Crippen LogP contribution is 2.36. The van der Waals surface area contributed by atoms with Crippen LogP contribution in [0.2, 0.25) is 0 Å². The number of amides is 3. The molecule has 1 saturated carbocycles. The van der Waals surface area contributed by atoms with Crippen molar-refractivity contribution in [1.29, 1.82) is 0 Å². The molecule has 7 nitrogen and oxygen atoms in total. The van der Waals surface area contributed by atoms with E-state index in [2.05, 4.69) is 19.2 Å². The lowest BCUT2D eigenvalue weighted by atomic mass is 9.92. The number of hydrogen-bond acceptors (Lipinski definition) is 3. The van der Waals surface area contributed by atoms with Gasteiger partial charge in [-0.25, -0.2) is 4.79 Å². The summed E-state index contributed by atoms with van der Waals surface area (Å²) in [4.78, 5) is 34.3. The van der Waals surface area contributed by atoms with E-state index >= 15 is 0 Å². The van der Waals surface area contributed by atoms with Gasteiger partial charge in [0.05, 0.1) is 0 Å². The zero-order valence-corrected chi connectivity index (χ0v) is 11.3. The van der Waals surface area contributed by atoms with Crippen molar-refractivity contribution < 1.29 is 19.5 Å². The number of urea groups is 1. The van der Waals surface area contributed by atoms with Gasteiger partial charge in [-0.3, -0.25) is 9.59 Å². The Balaban J connectivity index is 2.56. The van der Waals surface area contributed by atoms with Crippen LogP contribution in [-0.2, 0) is 9.59 Å². The molecule has 1 fully saturated rings. The molecule has 1 unspecified atom stereocenters. The number of carbonyl (C=O) groups is 3. The molecule has 19 heavy (non-hydrogen) atoms. The SMILES string of the molecule is CC1(C)CCC(NC(=O)N(CC(N)=O)CC(=O)O)C1. The molecule has 0 aliphatic heterocycles. The van der Waals surface area contributed by atoms with Crippen LogP contribution in [-0.4, -0.2) is 47.0 Å². The highest BCUT2D eigenvalue weighted by Gasteiger charge is 2.32. The molecular weight excluding hydrogens is 250 g/mol. The molecule has 0 spiro atoms. The normalized spacial score (nSPS) is 20.8. The number of carbonyl (C=O) groups excluding carboxylic acids is 2. The molecule has 1 atom stereocenters. The number of carboxylic acid groups (broad SMARTS) is 1. The monoisotopic (exact) mass is 271 g/mol. The van der Waals surface area contributed by atoms with Gasteiger partial charge in [0, 0.05) is 6.04 Å². The van der Waals surface area contributed by atoms with Crippen molar-refractivity contribution in [2.75, 3.05) is 13.1 Å². The van der Waals surface area contributed by atoms with Gasteiger partial charge < -0.3 is 21.1 Å². The smallest absolute Gasteiger partial charge is 0.323 e. The van der Waals surface area contributed by atoms with E-state index in [-0.39, 0.29) is 11.5 Å². The standard InChI is InChI=1S/C12H21N3O4/c1-12(2)4-3-8(5-12)14-11(19)15(6-9(13)16)7-10(17)18/h8H,3-7H2,1-2H3,(H2,13,16)(H,14,19)(H,17,18). The first-order chi connectivity index (χ1) is 8.69. The summed E-state index contributed by atoms with van der Waals surface area (Å²) < 4.78 is 0. The third-order valence-electron chi connectivity index (χ3n) is 3.26. The average Bonchev–Trinajstić information content (AvgIpc) is 2.55. The Hall–Kier alpha value is -1.79. The summed E-state index contributed by atoms with van der Waals surface area (Å²) in [7, 11) is 0. The molecule has 108 valence electrons. The first-order valence-corrected chi connectivity index (χ1v) is 6.25. The van der Waals surface area contributed by atoms with Crippen molar-refractivity contribution in [3.63, 3.8) is 0 Å². The zero-order valence-electron chi connectivity index (χ0n) is 11.3. The van der Waals surface area contributed by atoms with Crippen molar-refractivity contribution >= 4 is 17.9 Å². The molecule has 0 heterocycles. The van der Waals surface area contributed by atoms with Crippen molar-refractivity contribution in [2.24, 2.45) is 11.1 Å². The minimum absolute atomic E-state index is 0.0201. The third kappa shape index (κ3) is 5.15. The number of nitrogens with two attached hydrogens (primary N) is 1. The van der Waals surface area contributed by atoms with Crippen LogP contribution in [0.25, 0.3) is 0 Å². The van der Waals surface area contributed by atoms with Crippen LogP contribution in [0.1, 0.15) is 33.1 Å². The maximum atomic E-state index is 11.9. The average molecular weight is 271 g/mol.